The monoisotopic (exact) mass is 247 g/mol. The number of hydrogen-bond donors (Lipinski definition) is 1. The highest BCUT2D eigenvalue weighted by molar-refractivity contribution is 5.42. The second kappa shape index (κ2) is 4.85. The molecule has 1 atom stereocenters. The minimum Gasteiger partial charge on any atom is -0.365 e. The van der Waals surface area contributed by atoms with Gasteiger partial charge in [-0.3, -0.25) is 0 Å². The Hall–Kier alpha value is -1.76. The zero-order chi connectivity index (χ0) is 12.4. The first-order valence-electron chi connectivity index (χ1n) is 6.35. The molecule has 96 valence electrons. The third-order valence-corrected chi connectivity index (χ3v) is 3.19. The SMILES string of the molecule is CC(CN1CCCC1)Nc1ccc2nnnn2n1. The summed E-state index contributed by atoms with van der Waals surface area (Å²) < 4.78 is 1.44. The third kappa shape index (κ3) is 2.40. The Morgan fingerprint density at radius 3 is 3.00 bits per heavy atom. The Kier molecular flexibility index (Phi) is 3.06. The van der Waals surface area contributed by atoms with Crippen LogP contribution in [0.2, 0.25) is 0 Å². The Labute approximate surface area is 105 Å². The van der Waals surface area contributed by atoms with Crippen LogP contribution in [0.25, 0.3) is 5.65 Å². The molecule has 2 aromatic rings. The molecule has 0 bridgehead atoms. The molecule has 0 spiro atoms. The number of anilines is 1. The first-order valence-corrected chi connectivity index (χ1v) is 6.35. The van der Waals surface area contributed by atoms with Crippen LogP contribution in [0, 0.1) is 0 Å². The molecule has 3 heterocycles. The fraction of sp³-hybridized carbons (Fsp3) is 0.636. The van der Waals surface area contributed by atoms with E-state index in [0.29, 0.717) is 11.7 Å². The highest BCUT2D eigenvalue weighted by Gasteiger charge is 2.14. The number of tetrazole rings is 1. The van der Waals surface area contributed by atoms with Gasteiger partial charge in [0.2, 0.25) is 0 Å². The van der Waals surface area contributed by atoms with E-state index in [2.05, 4.69) is 37.8 Å². The lowest BCUT2D eigenvalue weighted by molar-refractivity contribution is 0.327. The van der Waals surface area contributed by atoms with E-state index in [1.165, 1.54) is 30.6 Å². The van der Waals surface area contributed by atoms with Crippen molar-refractivity contribution >= 4 is 11.5 Å². The summed E-state index contributed by atoms with van der Waals surface area (Å²) in [6.07, 6.45) is 2.64. The fourth-order valence-electron chi connectivity index (χ4n) is 2.38. The fourth-order valence-corrected chi connectivity index (χ4v) is 2.38. The first kappa shape index (κ1) is 11.3. The number of nitrogens with one attached hydrogen (secondary N) is 1. The van der Waals surface area contributed by atoms with Crippen molar-refractivity contribution in [1.82, 2.24) is 30.2 Å². The van der Waals surface area contributed by atoms with E-state index < -0.39 is 0 Å². The van der Waals surface area contributed by atoms with E-state index in [1.807, 2.05) is 12.1 Å². The van der Waals surface area contributed by atoms with Gasteiger partial charge in [0.1, 0.15) is 5.82 Å². The molecule has 0 radical (unpaired) electrons. The zero-order valence-electron chi connectivity index (χ0n) is 10.5. The van der Waals surface area contributed by atoms with Gasteiger partial charge in [-0.15, -0.1) is 14.8 Å². The molecule has 1 unspecified atom stereocenters. The molecule has 1 saturated heterocycles. The summed E-state index contributed by atoms with van der Waals surface area (Å²) in [5.74, 6) is 0.807. The van der Waals surface area contributed by atoms with Crippen LogP contribution in [-0.2, 0) is 0 Å². The van der Waals surface area contributed by atoms with Crippen LogP contribution < -0.4 is 5.32 Å². The van der Waals surface area contributed by atoms with Crippen molar-refractivity contribution in [3.8, 4) is 0 Å². The largest absolute Gasteiger partial charge is 0.365 e. The van der Waals surface area contributed by atoms with Gasteiger partial charge in [-0.25, -0.2) is 0 Å². The molecule has 7 heteroatoms. The van der Waals surface area contributed by atoms with Crippen molar-refractivity contribution in [2.24, 2.45) is 0 Å². The lowest BCUT2D eigenvalue weighted by Crippen LogP contribution is -2.33. The number of fused-ring (bicyclic) bond motifs is 1. The highest BCUT2D eigenvalue weighted by atomic mass is 15.6. The summed E-state index contributed by atoms with van der Waals surface area (Å²) in [6, 6.07) is 4.13. The molecule has 18 heavy (non-hydrogen) atoms. The molecule has 0 saturated carbocycles. The molecule has 1 aliphatic heterocycles. The Bertz CT molecular complexity index is 517. The van der Waals surface area contributed by atoms with Gasteiger partial charge in [-0.05, 0) is 55.4 Å². The van der Waals surface area contributed by atoms with Crippen LogP contribution in [0.15, 0.2) is 12.1 Å². The van der Waals surface area contributed by atoms with Crippen LogP contribution in [0.1, 0.15) is 19.8 Å². The number of likely N-dealkylation sites (tertiary alicyclic amines) is 1. The van der Waals surface area contributed by atoms with Crippen molar-refractivity contribution in [2.45, 2.75) is 25.8 Å². The van der Waals surface area contributed by atoms with E-state index in [0.717, 1.165) is 12.4 Å². The third-order valence-electron chi connectivity index (χ3n) is 3.19. The van der Waals surface area contributed by atoms with E-state index in [4.69, 9.17) is 0 Å². The molecule has 7 nitrogen and oxygen atoms in total. The summed E-state index contributed by atoms with van der Waals surface area (Å²) >= 11 is 0. The number of hydrogen-bond acceptors (Lipinski definition) is 6. The second-order valence-electron chi connectivity index (χ2n) is 4.80. The predicted octanol–water partition coefficient (Wildman–Crippen LogP) is 0.415. The molecule has 3 rings (SSSR count). The lowest BCUT2D eigenvalue weighted by atomic mass is 10.3. The maximum absolute atomic E-state index is 4.30. The average molecular weight is 247 g/mol. The van der Waals surface area contributed by atoms with Crippen molar-refractivity contribution in [2.75, 3.05) is 25.0 Å². The van der Waals surface area contributed by atoms with Gasteiger partial charge < -0.3 is 10.2 Å². The van der Waals surface area contributed by atoms with Crippen molar-refractivity contribution < 1.29 is 0 Å². The van der Waals surface area contributed by atoms with Crippen LogP contribution in [-0.4, -0.2) is 55.8 Å². The van der Waals surface area contributed by atoms with Gasteiger partial charge >= 0.3 is 0 Å². The minimum absolute atomic E-state index is 0.365. The van der Waals surface area contributed by atoms with Crippen molar-refractivity contribution in [3.05, 3.63) is 12.1 Å². The summed E-state index contributed by atoms with van der Waals surface area (Å²) in [7, 11) is 0. The van der Waals surface area contributed by atoms with Gasteiger partial charge in [-0.2, -0.15) is 0 Å². The van der Waals surface area contributed by atoms with Gasteiger partial charge in [-0.1, -0.05) is 0 Å². The lowest BCUT2D eigenvalue weighted by Gasteiger charge is -2.21. The molecule has 0 aromatic carbocycles. The maximum atomic E-state index is 4.30. The van der Waals surface area contributed by atoms with Crippen LogP contribution in [0.5, 0.6) is 0 Å². The zero-order valence-corrected chi connectivity index (χ0v) is 10.5. The van der Waals surface area contributed by atoms with E-state index in [-0.39, 0.29) is 0 Å². The Morgan fingerprint density at radius 2 is 2.17 bits per heavy atom. The topological polar surface area (TPSA) is 71.2 Å². The molecule has 1 fully saturated rings. The normalized spacial score (nSPS) is 18.3. The quantitative estimate of drug-likeness (QED) is 0.844. The second-order valence-corrected chi connectivity index (χ2v) is 4.80. The molecule has 0 amide bonds. The highest BCUT2D eigenvalue weighted by Crippen LogP contribution is 2.10. The molecule has 1 aliphatic rings. The van der Waals surface area contributed by atoms with Gasteiger partial charge in [0.05, 0.1) is 0 Å². The van der Waals surface area contributed by atoms with Crippen LogP contribution in [0.4, 0.5) is 5.82 Å². The summed E-state index contributed by atoms with van der Waals surface area (Å²) in [5, 5.41) is 18.9. The number of nitrogens with zero attached hydrogens (tertiary/aromatic N) is 6. The summed E-state index contributed by atoms with van der Waals surface area (Å²) in [6.45, 7) is 5.65. The van der Waals surface area contributed by atoms with Crippen molar-refractivity contribution in [3.63, 3.8) is 0 Å². The summed E-state index contributed by atoms with van der Waals surface area (Å²) in [4.78, 5) is 2.48. The van der Waals surface area contributed by atoms with Gasteiger partial charge in [0.25, 0.3) is 0 Å². The standard InChI is InChI=1S/C11H17N7/c1-9(8-17-6-2-3-7-17)12-10-4-5-11-13-15-16-18(11)14-10/h4-5,9H,2-3,6-8H2,1H3,(H,12,14). The van der Waals surface area contributed by atoms with E-state index in [9.17, 15) is 0 Å². The maximum Gasteiger partial charge on any atom is 0.200 e. The summed E-state index contributed by atoms with van der Waals surface area (Å²) in [5.41, 5.74) is 0.660. The molecular formula is C11H17N7. The number of rotatable bonds is 4. The molecular weight excluding hydrogens is 230 g/mol. The van der Waals surface area contributed by atoms with Crippen LogP contribution in [0.3, 0.4) is 0 Å². The Balaban J connectivity index is 1.63. The van der Waals surface area contributed by atoms with E-state index >= 15 is 0 Å². The average Bonchev–Trinajstić information content (AvgIpc) is 2.98. The first-order chi connectivity index (χ1) is 8.81. The Morgan fingerprint density at radius 1 is 1.33 bits per heavy atom. The number of aromatic nitrogens is 5. The smallest absolute Gasteiger partial charge is 0.200 e. The van der Waals surface area contributed by atoms with Crippen LogP contribution >= 0.6 is 0 Å². The van der Waals surface area contributed by atoms with Gasteiger partial charge in [0, 0.05) is 12.6 Å². The minimum atomic E-state index is 0.365. The van der Waals surface area contributed by atoms with E-state index in [1.54, 1.807) is 0 Å². The van der Waals surface area contributed by atoms with Crippen molar-refractivity contribution in [1.29, 1.82) is 0 Å². The molecule has 2 aromatic heterocycles. The van der Waals surface area contributed by atoms with Gasteiger partial charge in [0.15, 0.2) is 5.65 Å². The molecule has 0 aliphatic carbocycles. The predicted molar refractivity (Wildman–Crippen MR) is 67.3 cm³/mol. The molecule has 1 N–H and O–H groups in total.